The molecule has 0 unspecified atom stereocenters. The number of para-hydroxylation sites is 1. The van der Waals surface area contributed by atoms with Crippen molar-refractivity contribution in [3.05, 3.63) is 65.7 Å². The van der Waals surface area contributed by atoms with E-state index in [4.69, 9.17) is 0 Å². The number of hydrogen-bond acceptors (Lipinski definition) is 2. The molecular formula is C20H19F3N2O2. The molecule has 2 aromatic rings. The van der Waals surface area contributed by atoms with Gasteiger partial charge >= 0.3 is 6.18 Å². The zero-order valence-electron chi connectivity index (χ0n) is 14.7. The molecule has 0 bridgehead atoms. The van der Waals surface area contributed by atoms with Crippen LogP contribution in [0.5, 0.6) is 0 Å². The topological polar surface area (TPSA) is 49.4 Å². The second-order valence-electron chi connectivity index (χ2n) is 6.57. The molecule has 142 valence electrons. The van der Waals surface area contributed by atoms with Crippen molar-refractivity contribution in [1.82, 2.24) is 4.90 Å². The van der Waals surface area contributed by atoms with Crippen molar-refractivity contribution in [1.29, 1.82) is 0 Å². The second kappa shape index (κ2) is 7.42. The van der Waals surface area contributed by atoms with Crippen molar-refractivity contribution in [2.24, 2.45) is 5.92 Å². The summed E-state index contributed by atoms with van der Waals surface area (Å²) < 4.78 is 39.2. The zero-order chi connectivity index (χ0) is 19.6. The van der Waals surface area contributed by atoms with Gasteiger partial charge in [-0.3, -0.25) is 9.59 Å². The molecule has 0 aromatic heterocycles. The van der Waals surface area contributed by atoms with E-state index in [1.807, 2.05) is 37.3 Å². The minimum Gasteiger partial charge on any atom is -0.335 e. The molecule has 2 amide bonds. The van der Waals surface area contributed by atoms with Gasteiger partial charge in [-0.1, -0.05) is 42.5 Å². The van der Waals surface area contributed by atoms with E-state index in [-0.39, 0.29) is 30.6 Å². The van der Waals surface area contributed by atoms with Crippen molar-refractivity contribution in [3.63, 3.8) is 0 Å². The van der Waals surface area contributed by atoms with Gasteiger partial charge < -0.3 is 10.2 Å². The Morgan fingerprint density at radius 1 is 1.11 bits per heavy atom. The van der Waals surface area contributed by atoms with Gasteiger partial charge in [-0.25, -0.2) is 0 Å². The lowest BCUT2D eigenvalue weighted by Gasteiger charge is -2.25. The first-order valence-electron chi connectivity index (χ1n) is 8.59. The maximum absolute atomic E-state index is 13.1. The number of nitrogens with one attached hydrogen (secondary N) is 1. The van der Waals surface area contributed by atoms with Gasteiger partial charge in [0.05, 0.1) is 23.2 Å². The average molecular weight is 376 g/mol. The number of amides is 2. The van der Waals surface area contributed by atoms with Crippen LogP contribution >= 0.6 is 0 Å². The van der Waals surface area contributed by atoms with Gasteiger partial charge in [-0.15, -0.1) is 0 Å². The van der Waals surface area contributed by atoms with E-state index < -0.39 is 23.6 Å². The van der Waals surface area contributed by atoms with E-state index in [2.05, 4.69) is 5.32 Å². The van der Waals surface area contributed by atoms with Gasteiger partial charge in [0.1, 0.15) is 0 Å². The number of benzene rings is 2. The van der Waals surface area contributed by atoms with Gasteiger partial charge in [0.25, 0.3) is 0 Å². The summed E-state index contributed by atoms with van der Waals surface area (Å²) in [6.45, 7) is 2.04. The molecule has 27 heavy (non-hydrogen) atoms. The summed E-state index contributed by atoms with van der Waals surface area (Å²) in [4.78, 5) is 26.4. The predicted octanol–water partition coefficient (Wildman–Crippen LogP) is 4.25. The Kier molecular flexibility index (Phi) is 5.21. The molecular weight excluding hydrogens is 357 g/mol. The summed E-state index contributed by atoms with van der Waals surface area (Å²) in [7, 11) is 0. The molecule has 2 aromatic carbocycles. The van der Waals surface area contributed by atoms with E-state index in [0.29, 0.717) is 0 Å². The summed E-state index contributed by atoms with van der Waals surface area (Å²) in [5.41, 5.74) is -0.261. The molecule has 1 heterocycles. The van der Waals surface area contributed by atoms with Crippen LogP contribution in [0.4, 0.5) is 18.9 Å². The van der Waals surface area contributed by atoms with Gasteiger partial charge in [-0.05, 0) is 24.6 Å². The first kappa shape index (κ1) is 18.9. The number of anilines is 1. The molecule has 3 rings (SSSR count). The Morgan fingerprint density at radius 3 is 2.41 bits per heavy atom. The number of nitrogens with zero attached hydrogens (tertiary/aromatic N) is 1. The average Bonchev–Trinajstić information content (AvgIpc) is 3.03. The molecule has 1 aliphatic rings. The molecule has 1 saturated heterocycles. The van der Waals surface area contributed by atoms with Crippen molar-refractivity contribution < 1.29 is 22.8 Å². The summed E-state index contributed by atoms with van der Waals surface area (Å²) in [5.74, 6) is -1.46. The molecule has 1 N–H and O–H groups in total. The number of likely N-dealkylation sites (tertiary alicyclic amines) is 1. The third-order valence-electron chi connectivity index (χ3n) is 4.77. The summed E-state index contributed by atoms with van der Waals surface area (Å²) >= 11 is 0. The van der Waals surface area contributed by atoms with Crippen LogP contribution in [-0.4, -0.2) is 23.3 Å². The smallest absolute Gasteiger partial charge is 0.335 e. The predicted molar refractivity (Wildman–Crippen MR) is 94.8 cm³/mol. The Balaban J connectivity index is 1.72. The van der Waals surface area contributed by atoms with Crippen molar-refractivity contribution >= 4 is 17.5 Å². The van der Waals surface area contributed by atoms with Crippen LogP contribution in [0.1, 0.15) is 30.5 Å². The van der Waals surface area contributed by atoms with Gasteiger partial charge in [0.15, 0.2) is 0 Å². The lowest BCUT2D eigenvalue weighted by atomic mass is 10.1. The van der Waals surface area contributed by atoms with Crippen LogP contribution in [0.25, 0.3) is 0 Å². The monoisotopic (exact) mass is 376 g/mol. The highest BCUT2D eigenvalue weighted by molar-refractivity contribution is 5.97. The number of halogens is 3. The SMILES string of the molecule is C[C@H](c1ccccc1)N1C[C@@H](C(=O)Nc2ccccc2C(F)(F)F)CC1=O. The quantitative estimate of drug-likeness (QED) is 0.867. The van der Waals surface area contributed by atoms with E-state index in [0.717, 1.165) is 11.6 Å². The highest BCUT2D eigenvalue weighted by Gasteiger charge is 2.38. The molecule has 0 saturated carbocycles. The number of hydrogen-bond donors (Lipinski definition) is 1. The molecule has 0 aliphatic carbocycles. The van der Waals surface area contributed by atoms with Gasteiger partial charge in [-0.2, -0.15) is 13.2 Å². The fraction of sp³-hybridized carbons (Fsp3) is 0.300. The number of rotatable bonds is 4. The fourth-order valence-electron chi connectivity index (χ4n) is 3.27. The zero-order valence-corrected chi connectivity index (χ0v) is 14.7. The van der Waals surface area contributed by atoms with E-state index in [9.17, 15) is 22.8 Å². The Bertz CT molecular complexity index is 837. The summed E-state index contributed by atoms with van der Waals surface area (Å²) in [5, 5.41) is 2.34. The third kappa shape index (κ3) is 4.13. The van der Waals surface area contributed by atoms with Gasteiger partial charge in [0.2, 0.25) is 11.8 Å². The molecule has 4 nitrogen and oxygen atoms in total. The third-order valence-corrected chi connectivity index (χ3v) is 4.77. The normalized spacial score (nSPS) is 18.4. The van der Waals surface area contributed by atoms with Crippen LogP contribution in [0, 0.1) is 5.92 Å². The molecule has 7 heteroatoms. The minimum absolute atomic E-state index is 0.0167. The number of alkyl halides is 3. The Morgan fingerprint density at radius 2 is 1.74 bits per heavy atom. The standard InChI is InChI=1S/C20H19F3N2O2/c1-13(14-7-3-2-4-8-14)25-12-15(11-18(25)26)19(27)24-17-10-6-5-9-16(17)20(21,22)23/h2-10,13,15H,11-12H2,1H3,(H,24,27)/t13-,15+/m1/s1. The maximum Gasteiger partial charge on any atom is 0.418 e. The lowest BCUT2D eigenvalue weighted by Crippen LogP contribution is -2.30. The minimum atomic E-state index is -4.57. The highest BCUT2D eigenvalue weighted by Crippen LogP contribution is 2.35. The Hall–Kier alpha value is -2.83. The molecule has 2 atom stereocenters. The van der Waals surface area contributed by atoms with Crippen LogP contribution < -0.4 is 5.32 Å². The molecule has 1 aliphatic heterocycles. The fourth-order valence-corrected chi connectivity index (χ4v) is 3.27. The van der Waals surface area contributed by atoms with Crippen LogP contribution in [-0.2, 0) is 15.8 Å². The van der Waals surface area contributed by atoms with Crippen molar-refractivity contribution in [3.8, 4) is 0 Å². The van der Waals surface area contributed by atoms with E-state index >= 15 is 0 Å². The summed E-state index contributed by atoms with van der Waals surface area (Å²) in [6.07, 6.45) is -4.58. The van der Waals surface area contributed by atoms with Crippen LogP contribution in [0.15, 0.2) is 54.6 Å². The first-order chi connectivity index (χ1) is 12.8. The first-order valence-corrected chi connectivity index (χ1v) is 8.59. The van der Waals surface area contributed by atoms with Gasteiger partial charge in [0, 0.05) is 13.0 Å². The van der Waals surface area contributed by atoms with Crippen LogP contribution in [0.2, 0.25) is 0 Å². The molecule has 1 fully saturated rings. The van der Waals surface area contributed by atoms with Crippen molar-refractivity contribution in [2.75, 3.05) is 11.9 Å². The number of carbonyl (C=O) groups excluding carboxylic acids is 2. The molecule has 0 radical (unpaired) electrons. The lowest BCUT2D eigenvalue weighted by molar-refractivity contribution is -0.137. The largest absolute Gasteiger partial charge is 0.418 e. The Labute approximate surface area is 155 Å². The van der Waals surface area contributed by atoms with E-state index in [1.165, 1.54) is 18.2 Å². The molecule has 0 spiro atoms. The number of carbonyl (C=O) groups is 2. The van der Waals surface area contributed by atoms with E-state index in [1.54, 1.807) is 4.90 Å². The maximum atomic E-state index is 13.1. The summed E-state index contributed by atoms with van der Waals surface area (Å²) in [6, 6.07) is 14.0. The second-order valence-corrected chi connectivity index (χ2v) is 6.57. The van der Waals surface area contributed by atoms with Crippen LogP contribution in [0.3, 0.4) is 0 Å². The van der Waals surface area contributed by atoms with Crippen molar-refractivity contribution in [2.45, 2.75) is 25.6 Å². The highest BCUT2D eigenvalue weighted by atomic mass is 19.4.